The lowest BCUT2D eigenvalue weighted by Crippen LogP contribution is -2.41. The van der Waals surface area contributed by atoms with E-state index in [2.05, 4.69) is 0 Å². The Hall–Kier alpha value is -1.00. The lowest BCUT2D eigenvalue weighted by atomic mass is 10.0. The molecule has 0 unspecified atom stereocenters. The fraction of sp³-hybridized carbons (Fsp3) is 0.538. The molecule has 0 saturated carbocycles. The molecule has 0 aliphatic carbocycles. The summed E-state index contributed by atoms with van der Waals surface area (Å²) in [4.78, 5) is 1.96. The molecule has 0 aromatic heterocycles. The zero-order chi connectivity index (χ0) is 12.3. The summed E-state index contributed by atoms with van der Waals surface area (Å²) >= 11 is 0. The van der Waals surface area contributed by atoms with Crippen LogP contribution in [0.15, 0.2) is 18.2 Å². The Kier molecular flexibility index (Phi) is 4.07. The normalized spacial score (nSPS) is 21.7. The Bertz CT molecular complexity index is 363. The van der Waals surface area contributed by atoms with E-state index >= 15 is 0 Å². The maximum atomic E-state index is 13.5. The molecule has 4 heteroatoms. The van der Waals surface area contributed by atoms with E-state index in [-0.39, 0.29) is 24.8 Å². The first-order valence-electron chi connectivity index (χ1n) is 6.00. The van der Waals surface area contributed by atoms with Crippen LogP contribution in [0.2, 0.25) is 0 Å². The van der Waals surface area contributed by atoms with Gasteiger partial charge in [0.1, 0.15) is 11.6 Å². The molecule has 1 aromatic carbocycles. The fourth-order valence-electron chi connectivity index (χ4n) is 2.36. The van der Waals surface area contributed by atoms with Crippen LogP contribution in [0.25, 0.3) is 0 Å². The molecular weight excluding hydrogens is 224 g/mol. The third-order valence-electron chi connectivity index (χ3n) is 3.38. The van der Waals surface area contributed by atoms with Gasteiger partial charge in [0.2, 0.25) is 0 Å². The van der Waals surface area contributed by atoms with Crippen LogP contribution in [0, 0.1) is 11.6 Å². The van der Waals surface area contributed by atoms with E-state index in [1.165, 1.54) is 18.2 Å². The van der Waals surface area contributed by atoms with Crippen LogP contribution in [0.1, 0.15) is 24.8 Å². The lowest BCUT2D eigenvalue weighted by molar-refractivity contribution is 0.0821. The van der Waals surface area contributed by atoms with Gasteiger partial charge in [0.25, 0.3) is 0 Å². The highest BCUT2D eigenvalue weighted by molar-refractivity contribution is 5.19. The number of hydrogen-bond donors (Lipinski definition) is 1. The van der Waals surface area contributed by atoms with Gasteiger partial charge in [-0.1, -0.05) is 12.5 Å². The predicted octanol–water partition coefficient (Wildman–Crippen LogP) is 2.31. The summed E-state index contributed by atoms with van der Waals surface area (Å²) in [6, 6.07) is 3.95. The Labute approximate surface area is 99.9 Å². The monoisotopic (exact) mass is 241 g/mol. The first-order valence-corrected chi connectivity index (χ1v) is 6.00. The van der Waals surface area contributed by atoms with E-state index in [0.29, 0.717) is 0 Å². The van der Waals surface area contributed by atoms with Crippen molar-refractivity contribution in [3.63, 3.8) is 0 Å². The molecule has 1 aromatic rings. The summed E-state index contributed by atoms with van der Waals surface area (Å²) in [6.45, 7) is 1.08. The highest BCUT2D eigenvalue weighted by Gasteiger charge is 2.23. The van der Waals surface area contributed by atoms with Gasteiger partial charge >= 0.3 is 0 Å². The third-order valence-corrected chi connectivity index (χ3v) is 3.38. The largest absolute Gasteiger partial charge is 0.395 e. The molecule has 1 saturated heterocycles. The number of halogens is 2. The summed E-state index contributed by atoms with van der Waals surface area (Å²) in [7, 11) is 0. The summed E-state index contributed by atoms with van der Waals surface area (Å²) in [5.74, 6) is -1.01. The van der Waals surface area contributed by atoms with E-state index < -0.39 is 11.6 Å². The second-order valence-corrected chi connectivity index (χ2v) is 4.50. The van der Waals surface area contributed by atoms with Gasteiger partial charge in [0, 0.05) is 18.2 Å². The van der Waals surface area contributed by atoms with Gasteiger partial charge in [0.05, 0.1) is 6.61 Å². The van der Waals surface area contributed by atoms with Crippen LogP contribution in [-0.2, 0) is 6.54 Å². The molecule has 1 aliphatic heterocycles. The Morgan fingerprint density at radius 1 is 1.24 bits per heavy atom. The molecule has 0 amide bonds. The average molecular weight is 241 g/mol. The van der Waals surface area contributed by atoms with Crippen molar-refractivity contribution in [3.8, 4) is 0 Å². The molecule has 17 heavy (non-hydrogen) atoms. The Balaban J connectivity index is 2.13. The maximum absolute atomic E-state index is 13.5. The molecule has 2 rings (SSSR count). The Morgan fingerprint density at radius 2 is 1.94 bits per heavy atom. The van der Waals surface area contributed by atoms with Gasteiger partial charge in [-0.2, -0.15) is 0 Å². The molecule has 0 spiro atoms. The first kappa shape index (κ1) is 12.5. The van der Waals surface area contributed by atoms with Gasteiger partial charge in [-0.3, -0.25) is 4.90 Å². The molecule has 94 valence electrons. The molecule has 0 bridgehead atoms. The number of aliphatic hydroxyl groups excluding tert-OH is 1. The standard InChI is InChI=1S/C13H17F2NO/c14-12-5-3-6-13(15)11(12)8-16-7-2-1-4-10(16)9-17/h3,5-6,10,17H,1-2,4,7-9H2/t10-/m0/s1. The topological polar surface area (TPSA) is 23.5 Å². The number of aliphatic hydroxyl groups is 1. The van der Waals surface area contributed by atoms with Gasteiger partial charge in [-0.15, -0.1) is 0 Å². The minimum absolute atomic E-state index is 0.0303. The number of likely N-dealkylation sites (tertiary alicyclic amines) is 1. The fourth-order valence-corrected chi connectivity index (χ4v) is 2.36. The predicted molar refractivity (Wildman–Crippen MR) is 61.5 cm³/mol. The zero-order valence-corrected chi connectivity index (χ0v) is 9.70. The third kappa shape index (κ3) is 2.82. The molecule has 1 N–H and O–H groups in total. The minimum atomic E-state index is -0.507. The number of nitrogens with zero attached hydrogens (tertiary/aromatic N) is 1. The second-order valence-electron chi connectivity index (χ2n) is 4.50. The van der Waals surface area contributed by atoms with E-state index in [1.54, 1.807) is 0 Å². The van der Waals surface area contributed by atoms with Crippen LogP contribution >= 0.6 is 0 Å². The number of piperidine rings is 1. The van der Waals surface area contributed by atoms with Crippen molar-refractivity contribution in [2.24, 2.45) is 0 Å². The van der Waals surface area contributed by atoms with E-state index in [0.717, 1.165) is 25.8 Å². The van der Waals surface area contributed by atoms with Crippen molar-refractivity contribution in [1.82, 2.24) is 4.90 Å². The number of hydrogen-bond acceptors (Lipinski definition) is 2. The van der Waals surface area contributed by atoms with Gasteiger partial charge in [-0.05, 0) is 31.5 Å². The maximum Gasteiger partial charge on any atom is 0.130 e. The first-order chi connectivity index (χ1) is 8.22. The van der Waals surface area contributed by atoms with Crippen LogP contribution in [0.5, 0.6) is 0 Å². The van der Waals surface area contributed by atoms with Crippen molar-refractivity contribution >= 4 is 0 Å². The van der Waals surface area contributed by atoms with Crippen molar-refractivity contribution in [1.29, 1.82) is 0 Å². The smallest absolute Gasteiger partial charge is 0.130 e. The second kappa shape index (κ2) is 5.56. The highest BCUT2D eigenvalue weighted by atomic mass is 19.1. The molecule has 1 heterocycles. The summed E-state index contributed by atoms with van der Waals surface area (Å²) in [5, 5.41) is 9.25. The summed E-state index contributed by atoms with van der Waals surface area (Å²) < 4.78 is 27.0. The quantitative estimate of drug-likeness (QED) is 0.877. The van der Waals surface area contributed by atoms with Gasteiger partial charge in [0.15, 0.2) is 0 Å². The Morgan fingerprint density at radius 3 is 2.59 bits per heavy atom. The van der Waals surface area contributed by atoms with E-state index in [9.17, 15) is 13.9 Å². The summed E-state index contributed by atoms with van der Waals surface area (Å²) in [6.07, 6.45) is 2.99. The van der Waals surface area contributed by atoms with Crippen LogP contribution in [0.3, 0.4) is 0 Å². The molecule has 0 radical (unpaired) electrons. The van der Waals surface area contributed by atoms with Crippen LogP contribution < -0.4 is 0 Å². The van der Waals surface area contributed by atoms with E-state index in [1.807, 2.05) is 4.90 Å². The number of rotatable bonds is 3. The van der Waals surface area contributed by atoms with Gasteiger partial charge < -0.3 is 5.11 Å². The average Bonchev–Trinajstić information content (AvgIpc) is 2.34. The SMILES string of the molecule is OC[C@@H]1CCCCN1Cc1c(F)cccc1F. The van der Waals surface area contributed by atoms with Crippen molar-refractivity contribution in [2.45, 2.75) is 31.8 Å². The van der Waals surface area contributed by atoms with Gasteiger partial charge in [-0.25, -0.2) is 8.78 Å². The zero-order valence-electron chi connectivity index (χ0n) is 9.70. The van der Waals surface area contributed by atoms with Crippen LogP contribution in [-0.4, -0.2) is 29.2 Å². The molecular formula is C13H17F2NO. The molecule has 1 fully saturated rings. The molecule has 1 atom stereocenters. The highest BCUT2D eigenvalue weighted by Crippen LogP contribution is 2.21. The molecule has 2 nitrogen and oxygen atoms in total. The molecule has 1 aliphatic rings. The van der Waals surface area contributed by atoms with Crippen molar-refractivity contribution in [3.05, 3.63) is 35.4 Å². The van der Waals surface area contributed by atoms with Crippen LogP contribution in [0.4, 0.5) is 8.78 Å². The van der Waals surface area contributed by atoms with Crippen molar-refractivity contribution in [2.75, 3.05) is 13.2 Å². The number of benzene rings is 1. The van der Waals surface area contributed by atoms with E-state index in [4.69, 9.17) is 0 Å². The lowest BCUT2D eigenvalue weighted by Gasteiger charge is -2.34. The van der Waals surface area contributed by atoms with Crippen molar-refractivity contribution < 1.29 is 13.9 Å². The minimum Gasteiger partial charge on any atom is -0.395 e. The summed E-state index contributed by atoms with van der Waals surface area (Å²) in [5.41, 5.74) is 0.104.